The third-order valence-corrected chi connectivity index (χ3v) is 5.53. The first kappa shape index (κ1) is 18.9. The summed E-state index contributed by atoms with van der Waals surface area (Å²) in [4.78, 5) is 12.1. The van der Waals surface area contributed by atoms with Crippen LogP contribution in [-0.4, -0.2) is 62.4 Å². The van der Waals surface area contributed by atoms with Crippen molar-refractivity contribution in [2.24, 2.45) is 0 Å². The fraction of sp³-hybridized carbons (Fsp3) is 0.733. The van der Waals surface area contributed by atoms with Crippen LogP contribution in [0, 0.1) is 13.8 Å². The van der Waals surface area contributed by atoms with Gasteiger partial charge in [-0.05, 0) is 26.7 Å². The summed E-state index contributed by atoms with van der Waals surface area (Å²) in [5.41, 5.74) is 1.47. The van der Waals surface area contributed by atoms with Crippen molar-refractivity contribution in [3.8, 4) is 0 Å². The lowest BCUT2D eigenvalue weighted by Gasteiger charge is -2.32. The minimum absolute atomic E-state index is 0.0618. The minimum atomic E-state index is -3.32. The van der Waals surface area contributed by atoms with E-state index in [2.05, 4.69) is 10.5 Å². The molecule has 0 aromatic carbocycles. The first-order valence-electron chi connectivity index (χ1n) is 8.02. The van der Waals surface area contributed by atoms with Crippen LogP contribution in [-0.2, 0) is 26.0 Å². The predicted octanol–water partition coefficient (Wildman–Crippen LogP) is 0.391. The third kappa shape index (κ3) is 5.02. The van der Waals surface area contributed by atoms with Crippen molar-refractivity contribution in [3.63, 3.8) is 0 Å². The number of carbonyl (C=O) groups excluding carboxylic acids is 1. The molecule has 1 aromatic heterocycles. The summed E-state index contributed by atoms with van der Waals surface area (Å²) in [5.74, 6) is 0.451. The Kier molecular flexibility index (Phi) is 6.36. The van der Waals surface area contributed by atoms with Gasteiger partial charge in [-0.1, -0.05) is 5.16 Å². The molecule has 1 fully saturated rings. The number of nitrogens with zero attached hydrogens (tertiary/aromatic N) is 2. The molecule has 0 bridgehead atoms. The molecule has 9 heteroatoms. The van der Waals surface area contributed by atoms with Gasteiger partial charge in [0, 0.05) is 37.9 Å². The highest BCUT2D eigenvalue weighted by molar-refractivity contribution is 7.88. The highest BCUT2D eigenvalue weighted by Crippen LogP contribution is 2.17. The van der Waals surface area contributed by atoms with E-state index in [1.54, 1.807) is 13.8 Å². The van der Waals surface area contributed by atoms with Crippen molar-refractivity contribution in [2.45, 2.75) is 39.2 Å². The Hall–Kier alpha value is -1.45. The van der Waals surface area contributed by atoms with Crippen LogP contribution in [0.2, 0.25) is 0 Å². The monoisotopic (exact) mass is 359 g/mol. The highest BCUT2D eigenvalue weighted by atomic mass is 32.2. The average Bonchev–Trinajstić information content (AvgIpc) is 2.83. The van der Waals surface area contributed by atoms with Crippen LogP contribution in [0.3, 0.4) is 0 Å². The lowest BCUT2D eigenvalue weighted by molar-refractivity contribution is -0.120. The summed E-state index contributed by atoms with van der Waals surface area (Å²) in [6.07, 6.45) is 2.74. The van der Waals surface area contributed by atoms with Crippen LogP contribution in [0.15, 0.2) is 4.52 Å². The molecule has 1 amide bonds. The molecular weight excluding hydrogens is 334 g/mol. The van der Waals surface area contributed by atoms with Crippen molar-refractivity contribution in [2.75, 3.05) is 32.6 Å². The number of carbonyl (C=O) groups is 1. The van der Waals surface area contributed by atoms with Crippen molar-refractivity contribution in [3.05, 3.63) is 17.0 Å². The van der Waals surface area contributed by atoms with Gasteiger partial charge >= 0.3 is 0 Å². The zero-order valence-corrected chi connectivity index (χ0v) is 15.2. The smallest absolute Gasteiger partial charge is 0.224 e. The van der Waals surface area contributed by atoms with E-state index < -0.39 is 10.0 Å². The zero-order chi connectivity index (χ0) is 17.7. The number of hydrogen-bond donors (Lipinski definition) is 1. The molecule has 0 aliphatic carbocycles. The SMILES string of the molecule is Cc1noc(C)c1CC(=O)NCCN(C1CCOCC1)S(C)(=O)=O. The first-order chi connectivity index (χ1) is 11.3. The lowest BCUT2D eigenvalue weighted by atomic mass is 10.1. The van der Waals surface area contributed by atoms with Crippen LogP contribution in [0.25, 0.3) is 0 Å². The predicted molar refractivity (Wildman–Crippen MR) is 88.1 cm³/mol. The molecule has 1 saturated heterocycles. The molecule has 1 N–H and O–H groups in total. The minimum Gasteiger partial charge on any atom is -0.381 e. The second kappa shape index (κ2) is 8.09. The van der Waals surface area contributed by atoms with Crippen LogP contribution < -0.4 is 5.32 Å². The van der Waals surface area contributed by atoms with Gasteiger partial charge in [0.1, 0.15) is 5.76 Å². The summed E-state index contributed by atoms with van der Waals surface area (Å²) in [5, 5.41) is 6.59. The van der Waals surface area contributed by atoms with Crippen LogP contribution in [0.1, 0.15) is 29.9 Å². The van der Waals surface area contributed by atoms with Crippen molar-refractivity contribution < 1.29 is 22.5 Å². The number of aromatic nitrogens is 1. The van der Waals surface area contributed by atoms with E-state index >= 15 is 0 Å². The van der Waals surface area contributed by atoms with Gasteiger partial charge in [0.15, 0.2) is 0 Å². The van der Waals surface area contributed by atoms with Gasteiger partial charge in [0.2, 0.25) is 15.9 Å². The average molecular weight is 359 g/mol. The molecule has 2 rings (SSSR count). The Labute approximate surface area is 142 Å². The van der Waals surface area contributed by atoms with Gasteiger partial charge in [-0.2, -0.15) is 4.31 Å². The number of amides is 1. The summed E-state index contributed by atoms with van der Waals surface area (Å²) in [6.45, 7) is 5.21. The van der Waals surface area contributed by atoms with E-state index in [-0.39, 0.29) is 31.5 Å². The first-order valence-corrected chi connectivity index (χ1v) is 9.87. The van der Waals surface area contributed by atoms with E-state index in [4.69, 9.17) is 9.26 Å². The van der Waals surface area contributed by atoms with E-state index in [0.29, 0.717) is 37.5 Å². The quantitative estimate of drug-likeness (QED) is 0.756. The third-order valence-electron chi connectivity index (χ3n) is 4.20. The summed E-state index contributed by atoms with van der Waals surface area (Å²) >= 11 is 0. The second-order valence-electron chi connectivity index (χ2n) is 6.05. The van der Waals surface area contributed by atoms with Gasteiger partial charge in [-0.3, -0.25) is 4.79 Å². The fourth-order valence-electron chi connectivity index (χ4n) is 2.88. The second-order valence-corrected chi connectivity index (χ2v) is 7.98. The van der Waals surface area contributed by atoms with Crippen molar-refractivity contribution >= 4 is 15.9 Å². The summed E-state index contributed by atoms with van der Waals surface area (Å²) < 4.78 is 35.8. The Bertz CT molecular complexity index is 645. The number of aryl methyl sites for hydroxylation is 2. The topological polar surface area (TPSA) is 102 Å². The van der Waals surface area contributed by atoms with Crippen molar-refractivity contribution in [1.82, 2.24) is 14.8 Å². The number of nitrogens with one attached hydrogen (secondary N) is 1. The maximum Gasteiger partial charge on any atom is 0.224 e. The molecule has 24 heavy (non-hydrogen) atoms. The molecule has 0 saturated carbocycles. The van der Waals surface area contributed by atoms with Gasteiger partial charge in [-0.25, -0.2) is 8.42 Å². The maximum atomic E-state index is 12.1. The number of rotatable bonds is 7. The van der Waals surface area contributed by atoms with E-state index in [9.17, 15) is 13.2 Å². The van der Waals surface area contributed by atoms with Gasteiger partial charge < -0.3 is 14.6 Å². The molecule has 1 aliphatic rings. The molecule has 1 aromatic rings. The van der Waals surface area contributed by atoms with E-state index in [1.807, 2.05) is 0 Å². The number of ether oxygens (including phenoxy) is 1. The molecule has 1 aliphatic heterocycles. The number of sulfonamides is 1. The Balaban J connectivity index is 1.87. The Morgan fingerprint density at radius 1 is 1.33 bits per heavy atom. The van der Waals surface area contributed by atoms with Crippen molar-refractivity contribution in [1.29, 1.82) is 0 Å². The standard InChI is InChI=1S/C15H25N3O5S/c1-11-14(12(2)23-17-11)10-15(19)16-6-7-18(24(3,20)21)13-4-8-22-9-5-13/h13H,4-10H2,1-3H3,(H,16,19). The zero-order valence-electron chi connectivity index (χ0n) is 14.4. The molecule has 0 atom stereocenters. The van der Waals surface area contributed by atoms with Crippen LogP contribution >= 0.6 is 0 Å². The van der Waals surface area contributed by atoms with Gasteiger partial charge in [0.25, 0.3) is 0 Å². The van der Waals surface area contributed by atoms with Crippen LogP contribution in [0.4, 0.5) is 0 Å². The van der Waals surface area contributed by atoms with E-state index in [0.717, 1.165) is 5.56 Å². The van der Waals surface area contributed by atoms with Gasteiger partial charge in [-0.15, -0.1) is 0 Å². The molecule has 0 spiro atoms. The molecule has 2 heterocycles. The normalized spacial score (nSPS) is 16.5. The molecular formula is C15H25N3O5S. The number of hydrogen-bond acceptors (Lipinski definition) is 6. The van der Waals surface area contributed by atoms with Gasteiger partial charge in [0.05, 0.1) is 18.4 Å². The highest BCUT2D eigenvalue weighted by Gasteiger charge is 2.28. The fourth-order valence-corrected chi connectivity index (χ4v) is 4.05. The Morgan fingerprint density at radius 2 is 2.00 bits per heavy atom. The van der Waals surface area contributed by atoms with E-state index in [1.165, 1.54) is 10.6 Å². The molecule has 8 nitrogen and oxygen atoms in total. The summed E-state index contributed by atoms with van der Waals surface area (Å²) in [6, 6.07) is -0.0618. The molecule has 0 radical (unpaired) electrons. The lowest BCUT2D eigenvalue weighted by Crippen LogP contribution is -2.46. The maximum absolute atomic E-state index is 12.1. The van der Waals surface area contributed by atoms with Crippen LogP contribution in [0.5, 0.6) is 0 Å². The molecule has 0 unspecified atom stereocenters. The Morgan fingerprint density at radius 3 is 2.54 bits per heavy atom. The molecule has 136 valence electrons. The largest absolute Gasteiger partial charge is 0.381 e. The summed E-state index contributed by atoms with van der Waals surface area (Å²) in [7, 11) is -3.32.